The van der Waals surface area contributed by atoms with Gasteiger partial charge in [0.15, 0.2) is 9.99 Å². The number of hydrogen-bond donors (Lipinski definition) is 1. The number of anilines is 1. The third kappa shape index (κ3) is 2.89. The Labute approximate surface area is 142 Å². The van der Waals surface area contributed by atoms with Crippen LogP contribution in [0.25, 0.3) is 4.96 Å². The van der Waals surface area contributed by atoms with Gasteiger partial charge in [-0.3, -0.25) is 9.12 Å². The van der Waals surface area contributed by atoms with Crippen LogP contribution in [-0.2, 0) is 10.0 Å². The molecule has 3 rings (SSSR count). The molecule has 5 nitrogen and oxygen atoms in total. The summed E-state index contributed by atoms with van der Waals surface area (Å²) in [6.07, 6.45) is 1.68. The molecule has 24 heavy (non-hydrogen) atoms. The maximum absolute atomic E-state index is 13.8. The van der Waals surface area contributed by atoms with Crippen molar-refractivity contribution in [2.45, 2.75) is 31.7 Å². The first kappa shape index (κ1) is 16.8. The Morgan fingerprint density at radius 1 is 1.29 bits per heavy atom. The fraction of sp³-hybridized carbons (Fsp3) is 0.267. The lowest BCUT2D eigenvalue weighted by molar-refractivity contribution is 0.581. The quantitative estimate of drug-likeness (QED) is 0.756. The first-order valence-electron chi connectivity index (χ1n) is 7.15. The Bertz CT molecular complexity index is 1020. The van der Waals surface area contributed by atoms with E-state index in [1.807, 2.05) is 20.8 Å². The van der Waals surface area contributed by atoms with E-state index in [4.69, 9.17) is 0 Å². The maximum atomic E-state index is 13.8. The zero-order chi connectivity index (χ0) is 17.6. The average molecular weight is 371 g/mol. The molecule has 0 atom stereocenters. The molecule has 0 aliphatic heterocycles. The minimum Gasteiger partial charge on any atom is -0.279 e. The molecule has 0 unspecified atom stereocenters. The van der Waals surface area contributed by atoms with Gasteiger partial charge in [-0.25, -0.2) is 13.8 Å². The molecule has 0 radical (unpaired) electrons. The van der Waals surface area contributed by atoms with Gasteiger partial charge in [-0.2, -0.15) is 8.42 Å². The second-order valence-electron chi connectivity index (χ2n) is 5.68. The van der Waals surface area contributed by atoms with Crippen molar-refractivity contribution in [2.24, 2.45) is 0 Å². The summed E-state index contributed by atoms with van der Waals surface area (Å²) in [4.78, 5) is 5.84. The molecule has 1 N–H and O–H groups in total. The molecule has 0 amide bonds. The number of sulfonamides is 1. The normalized spacial score (nSPS) is 12.2. The number of aromatic nitrogens is 2. The number of thiazole rings is 1. The van der Waals surface area contributed by atoms with Crippen molar-refractivity contribution in [2.75, 3.05) is 4.72 Å². The summed E-state index contributed by atoms with van der Waals surface area (Å²) in [5.41, 5.74) is 0.0873. The minimum atomic E-state index is -4.10. The Morgan fingerprint density at radius 2 is 2.00 bits per heavy atom. The van der Waals surface area contributed by atoms with Crippen LogP contribution in [0.15, 0.2) is 29.4 Å². The number of benzene rings is 1. The molecule has 1 aromatic carbocycles. The first-order chi connectivity index (χ1) is 11.2. The average Bonchev–Trinajstić information content (AvgIpc) is 2.97. The fourth-order valence-corrected chi connectivity index (χ4v) is 4.76. The summed E-state index contributed by atoms with van der Waals surface area (Å²) in [5.74, 6) is -1.90. The number of hydrogen-bond acceptors (Lipinski definition) is 4. The van der Waals surface area contributed by atoms with E-state index in [9.17, 15) is 17.2 Å². The van der Waals surface area contributed by atoms with Crippen LogP contribution in [-0.4, -0.2) is 17.8 Å². The topological polar surface area (TPSA) is 63.5 Å². The molecule has 0 fully saturated rings. The molecule has 0 saturated carbocycles. The Morgan fingerprint density at radius 3 is 2.62 bits per heavy atom. The highest BCUT2D eigenvalue weighted by Gasteiger charge is 2.28. The number of imidazole rings is 1. The molecule has 9 heteroatoms. The second kappa shape index (κ2) is 5.82. The summed E-state index contributed by atoms with van der Waals surface area (Å²) < 4.78 is 56.1. The van der Waals surface area contributed by atoms with Crippen molar-refractivity contribution in [1.82, 2.24) is 9.38 Å². The Hall–Kier alpha value is -2.00. The lowest BCUT2D eigenvalue weighted by atomic mass is 10.2. The maximum Gasteiger partial charge on any atom is 0.279 e. The lowest BCUT2D eigenvalue weighted by Gasteiger charge is -2.11. The predicted molar refractivity (Wildman–Crippen MR) is 89.1 cm³/mol. The number of nitrogens with one attached hydrogen (secondary N) is 1. The Balaban J connectivity index is 2.15. The van der Waals surface area contributed by atoms with E-state index in [2.05, 4.69) is 9.71 Å². The van der Waals surface area contributed by atoms with E-state index in [-0.39, 0.29) is 16.6 Å². The van der Waals surface area contributed by atoms with Gasteiger partial charge in [-0.1, -0.05) is 13.8 Å². The molecule has 2 aromatic heterocycles. The molecule has 0 spiro atoms. The van der Waals surface area contributed by atoms with Crippen molar-refractivity contribution >= 4 is 32.0 Å². The molecule has 3 aromatic rings. The van der Waals surface area contributed by atoms with E-state index in [0.29, 0.717) is 16.7 Å². The van der Waals surface area contributed by atoms with Crippen molar-refractivity contribution in [3.63, 3.8) is 0 Å². The van der Waals surface area contributed by atoms with Crippen LogP contribution >= 0.6 is 11.3 Å². The van der Waals surface area contributed by atoms with Crippen LogP contribution in [0, 0.1) is 18.6 Å². The van der Waals surface area contributed by atoms with Crippen molar-refractivity contribution in [3.8, 4) is 0 Å². The number of rotatable bonds is 4. The van der Waals surface area contributed by atoms with Gasteiger partial charge in [0.05, 0.1) is 11.4 Å². The molecule has 0 aliphatic rings. The highest BCUT2D eigenvalue weighted by Crippen LogP contribution is 2.30. The van der Waals surface area contributed by atoms with Gasteiger partial charge >= 0.3 is 0 Å². The van der Waals surface area contributed by atoms with E-state index in [0.717, 1.165) is 17.0 Å². The summed E-state index contributed by atoms with van der Waals surface area (Å²) in [5, 5.41) is -0.0272. The molecule has 0 saturated heterocycles. The summed E-state index contributed by atoms with van der Waals surface area (Å²) in [7, 11) is -4.10. The van der Waals surface area contributed by atoms with Crippen molar-refractivity contribution in [1.29, 1.82) is 0 Å². The standard InChI is InChI=1S/C15H15F2N3O2S2/c1-8(2)13-14(20-7-9(3)23-15(20)18-13)24(21,22)19-12-5-4-10(16)6-11(12)17/h4-8,19H,1-3H3. The van der Waals surface area contributed by atoms with Gasteiger partial charge in [-0.05, 0) is 25.0 Å². The van der Waals surface area contributed by atoms with E-state index in [1.54, 1.807) is 6.20 Å². The third-order valence-electron chi connectivity index (χ3n) is 3.40. The summed E-state index contributed by atoms with van der Waals surface area (Å²) in [6, 6.07) is 2.67. The van der Waals surface area contributed by atoms with Crippen LogP contribution in [0.3, 0.4) is 0 Å². The van der Waals surface area contributed by atoms with Crippen LogP contribution in [0.4, 0.5) is 14.5 Å². The zero-order valence-electron chi connectivity index (χ0n) is 13.2. The van der Waals surface area contributed by atoms with Crippen LogP contribution in [0.2, 0.25) is 0 Å². The van der Waals surface area contributed by atoms with Gasteiger partial charge in [0.1, 0.15) is 11.6 Å². The van der Waals surface area contributed by atoms with Gasteiger partial charge in [0.2, 0.25) is 0 Å². The second-order valence-corrected chi connectivity index (χ2v) is 8.49. The largest absolute Gasteiger partial charge is 0.279 e. The van der Waals surface area contributed by atoms with Crippen molar-refractivity contribution < 1.29 is 17.2 Å². The number of halogens is 2. The molecule has 0 aliphatic carbocycles. The minimum absolute atomic E-state index is 0.0272. The SMILES string of the molecule is Cc1cn2c(S(=O)(=O)Nc3ccc(F)cc3F)c(C(C)C)nc2s1. The zero-order valence-corrected chi connectivity index (χ0v) is 14.8. The van der Waals surface area contributed by atoms with Crippen LogP contribution in [0.1, 0.15) is 30.3 Å². The van der Waals surface area contributed by atoms with E-state index in [1.165, 1.54) is 15.7 Å². The number of aryl methyl sites for hydroxylation is 1. The van der Waals surface area contributed by atoms with Crippen molar-refractivity contribution in [3.05, 3.63) is 46.6 Å². The predicted octanol–water partition coefficient (Wildman–Crippen LogP) is 3.91. The van der Waals surface area contributed by atoms with Gasteiger partial charge < -0.3 is 0 Å². The van der Waals surface area contributed by atoms with Gasteiger partial charge in [-0.15, -0.1) is 11.3 Å². The van der Waals surface area contributed by atoms with Gasteiger partial charge in [0.25, 0.3) is 10.0 Å². The van der Waals surface area contributed by atoms with Crippen LogP contribution < -0.4 is 4.72 Å². The fourth-order valence-electron chi connectivity index (χ4n) is 2.36. The molecular formula is C15H15F2N3O2S2. The lowest BCUT2D eigenvalue weighted by Crippen LogP contribution is -2.18. The smallest absolute Gasteiger partial charge is 0.279 e. The van der Waals surface area contributed by atoms with E-state index >= 15 is 0 Å². The Kier molecular flexibility index (Phi) is 4.08. The molecule has 2 heterocycles. The first-order valence-corrected chi connectivity index (χ1v) is 9.45. The number of fused-ring (bicyclic) bond motifs is 1. The molecular weight excluding hydrogens is 356 g/mol. The highest BCUT2D eigenvalue weighted by molar-refractivity contribution is 7.92. The third-order valence-corrected chi connectivity index (χ3v) is 5.70. The summed E-state index contributed by atoms with van der Waals surface area (Å²) >= 11 is 1.37. The van der Waals surface area contributed by atoms with Crippen LogP contribution in [0.5, 0.6) is 0 Å². The highest BCUT2D eigenvalue weighted by atomic mass is 32.2. The number of nitrogens with zero attached hydrogens (tertiary/aromatic N) is 2. The molecule has 128 valence electrons. The monoisotopic (exact) mass is 371 g/mol. The van der Waals surface area contributed by atoms with Gasteiger partial charge in [0, 0.05) is 17.1 Å². The molecule has 0 bridgehead atoms. The summed E-state index contributed by atoms with van der Waals surface area (Å²) in [6.45, 7) is 5.51. The van der Waals surface area contributed by atoms with E-state index < -0.39 is 21.7 Å².